The predicted molar refractivity (Wildman–Crippen MR) is 68.3 cm³/mol. The van der Waals surface area contributed by atoms with E-state index in [9.17, 15) is 9.90 Å². The van der Waals surface area contributed by atoms with Crippen LogP contribution in [0.4, 0.5) is 5.69 Å². The van der Waals surface area contributed by atoms with Gasteiger partial charge >= 0.3 is 0 Å². The standard InChI is InChI=1S/C13H16ClNO2/c1-3-4-7-15-11-6-5-9(14)8-10(11)13(2,17)12(15)16/h5-6,8,17H,3-4,7H2,1-2H3. The number of hydrogen-bond acceptors (Lipinski definition) is 2. The zero-order valence-corrected chi connectivity index (χ0v) is 10.8. The summed E-state index contributed by atoms with van der Waals surface area (Å²) in [6.45, 7) is 4.23. The third-order valence-electron chi connectivity index (χ3n) is 3.17. The highest BCUT2D eigenvalue weighted by molar-refractivity contribution is 6.31. The second kappa shape index (κ2) is 4.31. The minimum Gasteiger partial charge on any atom is -0.375 e. The molecule has 1 N–H and O–H groups in total. The minimum atomic E-state index is -1.45. The van der Waals surface area contributed by atoms with Crippen LogP contribution in [0, 0.1) is 0 Å². The number of carbonyl (C=O) groups excluding carboxylic acids is 1. The van der Waals surface area contributed by atoms with Crippen molar-refractivity contribution in [3.8, 4) is 0 Å². The first-order chi connectivity index (χ1) is 7.98. The Morgan fingerprint density at radius 2 is 2.18 bits per heavy atom. The average Bonchev–Trinajstić information content (AvgIpc) is 2.47. The van der Waals surface area contributed by atoms with Crippen molar-refractivity contribution in [1.82, 2.24) is 0 Å². The maximum Gasteiger partial charge on any atom is 0.263 e. The molecule has 0 fully saturated rings. The van der Waals surface area contributed by atoms with E-state index in [0.717, 1.165) is 18.5 Å². The highest BCUT2D eigenvalue weighted by Gasteiger charge is 2.45. The lowest BCUT2D eigenvalue weighted by Gasteiger charge is -2.19. The van der Waals surface area contributed by atoms with Crippen LogP contribution in [0.1, 0.15) is 32.3 Å². The van der Waals surface area contributed by atoms with Crippen molar-refractivity contribution in [3.63, 3.8) is 0 Å². The highest BCUT2D eigenvalue weighted by Crippen LogP contribution is 2.41. The average molecular weight is 254 g/mol. The molecule has 0 aliphatic carbocycles. The Kier molecular flexibility index (Phi) is 3.15. The van der Waals surface area contributed by atoms with Crippen LogP contribution in [0.3, 0.4) is 0 Å². The van der Waals surface area contributed by atoms with Crippen molar-refractivity contribution in [2.45, 2.75) is 32.3 Å². The zero-order valence-electron chi connectivity index (χ0n) is 10.0. The van der Waals surface area contributed by atoms with Crippen LogP contribution in [-0.2, 0) is 10.4 Å². The Morgan fingerprint density at radius 1 is 1.47 bits per heavy atom. The fraction of sp³-hybridized carbons (Fsp3) is 0.462. The molecule has 1 atom stereocenters. The Labute approximate surface area is 106 Å². The molecule has 92 valence electrons. The SMILES string of the molecule is CCCCN1C(=O)C(C)(O)c2cc(Cl)ccc21. The van der Waals surface area contributed by atoms with Gasteiger partial charge in [-0.15, -0.1) is 0 Å². The molecular formula is C13H16ClNO2. The van der Waals surface area contributed by atoms with E-state index in [-0.39, 0.29) is 5.91 Å². The summed E-state index contributed by atoms with van der Waals surface area (Å²) in [6.07, 6.45) is 1.93. The molecule has 0 bridgehead atoms. The molecule has 1 aromatic rings. The lowest BCUT2D eigenvalue weighted by molar-refractivity contribution is -0.134. The Balaban J connectivity index is 2.44. The summed E-state index contributed by atoms with van der Waals surface area (Å²) in [5, 5.41) is 10.8. The highest BCUT2D eigenvalue weighted by atomic mass is 35.5. The van der Waals surface area contributed by atoms with Gasteiger partial charge in [-0.2, -0.15) is 0 Å². The van der Waals surface area contributed by atoms with Crippen LogP contribution < -0.4 is 4.90 Å². The summed E-state index contributed by atoms with van der Waals surface area (Å²) in [5.74, 6) is -0.261. The number of aliphatic hydroxyl groups is 1. The second-order valence-electron chi connectivity index (χ2n) is 4.54. The molecule has 0 saturated heterocycles. The van der Waals surface area contributed by atoms with Crippen LogP contribution in [-0.4, -0.2) is 17.6 Å². The van der Waals surface area contributed by atoms with Gasteiger partial charge < -0.3 is 10.0 Å². The van der Waals surface area contributed by atoms with Crippen molar-refractivity contribution in [2.75, 3.05) is 11.4 Å². The zero-order chi connectivity index (χ0) is 12.6. The largest absolute Gasteiger partial charge is 0.375 e. The first-order valence-electron chi connectivity index (χ1n) is 5.83. The summed E-state index contributed by atoms with van der Waals surface area (Å²) >= 11 is 5.91. The molecule has 3 nitrogen and oxygen atoms in total. The van der Waals surface area contributed by atoms with Gasteiger partial charge in [0.2, 0.25) is 0 Å². The van der Waals surface area contributed by atoms with Gasteiger partial charge in [0.1, 0.15) is 0 Å². The molecular weight excluding hydrogens is 238 g/mol. The number of carbonyl (C=O) groups is 1. The van der Waals surface area contributed by atoms with E-state index < -0.39 is 5.60 Å². The summed E-state index contributed by atoms with van der Waals surface area (Å²) in [6, 6.07) is 5.21. The number of amides is 1. The van der Waals surface area contributed by atoms with E-state index in [1.165, 1.54) is 6.92 Å². The van der Waals surface area contributed by atoms with Crippen molar-refractivity contribution in [2.24, 2.45) is 0 Å². The van der Waals surface area contributed by atoms with Crippen molar-refractivity contribution in [1.29, 1.82) is 0 Å². The van der Waals surface area contributed by atoms with Gasteiger partial charge in [-0.05, 0) is 31.5 Å². The number of hydrogen-bond donors (Lipinski definition) is 1. The quantitative estimate of drug-likeness (QED) is 0.900. The van der Waals surface area contributed by atoms with E-state index in [4.69, 9.17) is 11.6 Å². The fourth-order valence-corrected chi connectivity index (χ4v) is 2.33. The summed E-state index contributed by atoms with van der Waals surface area (Å²) in [7, 11) is 0. The fourth-order valence-electron chi connectivity index (χ4n) is 2.16. The first kappa shape index (κ1) is 12.4. The normalized spacial score (nSPS) is 23.1. The molecule has 1 amide bonds. The maximum absolute atomic E-state index is 12.1. The van der Waals surface area contributed by atoms with Crippen LogP contribution in [0.15, 0.2) is 18.2 Å². The molecule has 1 aliphatic rings. The molecule has 17 heavy (non-hydrogen) atoms. The topological polar surface area (TPSA) is 40.5 Å². The number of fused-ring (bicyclic) bond motifs is 1. The molecule has 1 aliphatic heterocycles. The number of rotatable bonds is 3. The lowest BCUT2D eigenvalue weighted by Crippen LogP contribution is -2.38. The van der Waals surface area contributed by atoms with E-state index in [1.54, 1.807) is 23.1 Å². The predicted octanol–water partition coefficient (Wildman–Crippen LogP) is 2.69. The second-order valence-corrected chi connectivity index (χ2v) is 4.98. The molecule has 1 aromatic carbocycles. The molecule has 1 unspecified atom stereocenters. The number of halogens is 1. The molecule has 0 saturated carbocycles. The Morgan fingerprint density at radius 3 is 2.82 bits per heavy atom. The Bertz CT molecular complexity index is 457. The number of benzene rings is 1. The van der Waals surface area contributed by atoms with Crippen molar-refractivity contribution >= 4 is 23.2 Å². The van der Waals surface area contributed by atoms with Crippen LogP contribution in [0.25, 0.3) is 0 Å². The first-order valence-corrected chi connectivity index (χ1v) is 6.20. The van der Waals surface area contributed by atoms with Gasteiger partial charge in [0.15, 0.2) is 5.60 Å². The lowest BCUT2D eigenvalue weighted by atomic mass is 9.98. The van der Waals surface area contributed by atoms with Gasteiger partial charge in [0.05, 0.1) is 5.69 Å². The van der Waals surface area contributed by atoms with E-state index in [1.807, 2.05) is 0 Å². The van der Waals surface area contributed by atoms with Gasteiger partial charge in [-0.25, -0.2) is 0 Å². The van der Waals surface area contributed by atoms with Gasteiger partial charge in [-0.1, -0.05) is 24.9 Å². The Hall–Kier alpha value is -1.06. The summed E-state index contributed by atoms with van der Waals surface area (Å²) in [4.78, 5) is 13.8. The smallest absolute Gasteiger partial charge is 0.263 e. The molecule has 0 spiro atoms. The van der Waals surface area contributed by atoms with Crippen LogP contribution in [0.2, 0.25) is 5.02 Å². The molecule has 4 heteroatoms. The molecule has 0 radical (unpaired) electrons. The number of unbranched alkanes of at least 4 members (excludes halogenated alkanes) is 1. The van der Waals surface area contributed by atoms with E-state index in [2.05, 4.69) is 6.92 Å². The summed E-state index contributed by atoms with van der Waals surface area (Å²) < 4.78 is 0. The van der Waals surface area contributed by atoms with Gasteiger partial charge in [0.25, 0.3) is 5.91 Å². The third-order valence-corrected chi connectivity index (χ3v) is 3.41. The van der Waals surface area contributed by atoms with Gasteiger partial charge in [0, 0.05) is 17.1 Å². The van der Waals surface area contributed by atoms with Crippen molar-refractivity contribution in [3.05, 3.63) is 28.8 Å². The molecule has 0 aromatic heterocycles. The minimum absolute atomic E-state index is 0.261. The van der Waals surface area contributed by atoms with Crippen LogP contribution >= 0.6 is 11.6 Å². The third kappa shape index (κ3) is 1.94. The van der Waals surface area contributed by atoms with Crippen molar-refractivity contribution < 1.29 is 9.90 Å². The molecule has 1 heterocycles. The molecule has 2 rings (SSSR count). The van der Waals surface area contributed by atoms with E-state index in [0.29, 0.717) is 17.1 Å². The monoisotopic (exact) mass is 253 g/mol. The number of anilines is 1. The number of nitrogens with zero attached hydrogens (tertiary/aromatic N) is 1. The van der Waals surface area contributed by atoms with Gasteiger partial charge in [-0.3, -0.25) is 4.79 Å². The van der Waals surface area contributed by atoms with E-state index >= 15 is 0 Å². The summed E-state index contributed by atoms with van der Waals surface area (Å²) in [5.41, 5.74) is -0.0718. The van der Waals surface area contributed by atoms with Crippen LogP contribution in [0.5, 0.6) is 0 Å². The maximum atomic E-state index is 12.1.